The molecule has 0 aliphatic heterocycles. The molecule has 0 radical (unpaired) electrons. The van der Waals surface area contributed by atoms with Crippen molar-refractivity contribution in [2.24, 2.45) is 0 Å². The van der Waals surface area contributed by atoms with Crippen LogP contribution < -0.4 is 5.32 Å². The van der Waals surface area contributed by atoms with E-state index < -0.39 is 22.0 Å². The van der Waals surface area contributed by atoms with Crippen molar-refractivity contribution in [1.82, 2.24) is 14.5 Å². The molecular formula is C24H33N3O4S. The zero-order chi connectivity index (χ0) is 24.1. The lowest BCUT2D eigenvalue weighted by molar-refractivity contribution is -0.140. The second-order valence-electron chi connectivity index (χ2n) is 8.42. The minimum absolute atomic E-state index is 0.0783. The Morgan fingerprint density at radius 1 is 0.969 bits per heavy atom. The number of likely N-dealkylation sites (N-methyl/N-ethyl adjacent to an activating group) is 1. The lowest BCUT2D eigenvalue weighted by Gasteiger charge is -2.31. The molecule has 0 aromatic heterocycles. The summed E-state index contributed by atoms with van der Waals surface area (Å²) in [5, 5.41) is 2.83. The number of carbonyl (C=O) groups is 2. The van der Waals surface area contributed by atoms with E-state index >= 15 is 0 Å². The van der Waals surface area contributed by atoms with Crippen LogP contribution in [-0.2, 0) is 26.2 Å². The van der Waals surface area contributed by atoms with Gasteiger partial charge in [0.2, 0.25) is 21.8 Å². The van der Waals surface area contributed by atoms with E-state index in [9.17, 15) is 18.0 Å². The summed E-state index contributed by atoms with van der Waals surface area (Å²) in [6, 6.07) is 13.3. The molecule has 0 spiro atoms. The Hall–Kier alpha value is -2.71. The lowest BCUT2D eigenvalue weighted by Crippen LogP contribution is -2.51. The quantitative estimate of drug-likeness (QED) is 0.625. The maximum Gasteiger partial charge on any atom is 0.243 e. The zero-order valence-corrected chi connectivity index (χ0v) is 20.4. The Bertz CT molecular complexity index is 1050. The van der Waals surface area contributed by atoms with Gasteiger partial charge in [0.05, 0.1) is 11.4 Å². The van der Waals surface area contributed by atoms with Crippen LogP contribution in [0.4, 0.5) is 0 Å². The first-order valence-electron chi connectivity index (χ1n) is 10.6. The molecule has 0 saturated heterocycles. The second-order valence-corrected chi connectivity index (χ2v) is 10.5. The van der Waals surface area contributed by atoms with E-state index in [2.05, 4.69) is 5.32 Å². The molecule has 0 aliphatic rings. The zero-order valence-electron chi connectivity index (χ0n) is 19.6. The maximum absolute atomic E-state index is 13.2. The Kier molecular flexibility index (Phi) is 8.58. The van der Waals surface area contributed by atoms with E-state index in [0.717, 1.165) is 21.0 Å². The molecule has 2 aromatic carbocycles. The molecule has 0 aliphatic carbocycles. The number of hydrogen-bond donors (Lipinski definition) is 1. The molecule has 174 valence electrons. The van der Waals surface area contributed by atoms with Gasteiger partial charge in [-0.15, -0.1) is 0 Å². The van der Waals surface area contributed by atoms with Crippen LogP contribution in [0.5, 0.6) is 0 Å². The fourth-order valence-corrected chi connectivity index (χ4v) is 4.37. The van der Waals surface area contributed by atoms with Gasteiger partial charge in [0, 0.05) is 19.6 Å². The lowest BCUT2D eigenvalue weighted by atomic mass is 10.1. The minimum Gasteiger partial charge on any atom is -0.352 e. The summed E-state index contributed by atoms with van der Waals surface area (Å²) in [7, 11) is -2.47. The highest BCUT2D eigenvalue weighted by atomic mass is 32.2. The molecule has 0 saturated carbocycles. The van der Waals surface area contributed by atoms with Gasteiger partial charge in [0.1, 0.15) is 6.04 Å². The Balaban J connectivity index is 2.27. The number of nitrogens with zero attached hydrogens (tertiary/aromatic N) is 2. The first-order chi connectivity index (χ1) is 14.9. The number of hydrogen-bond acceptors (Lipinski definition) is 4. The Labute approximate surface area is 191 Å². The molecule has 0 fully saturated rings. The van der Waals surface area contributed by atoms with Crippen LogP contribution in [0, 0.1) is 13.8 Å². The van der Waals surface area contributed by atoms with E-state index in [4.69, 9.17) is 0 Å². The van der Waals surface area contributed by atoms with E-state index in [0.29, 0.717) is 0 Å². The predicted octanol–water partition coefficient (Wildman–Crippen LogP) is 2.87. The molecule has 0 bridgehead atoms. The number of benzene rings is 2. The molecule has 2 rings (SSSR count). The third-order valence-corrected chi connectivity index (χ3v) is 6.94. The molecule has 7 nitrogen and oxygen atoms in total. The second kappa shape index (κ2) is 10.7. The van der Waals surface area contributed by atoms with Gasteiger partial charge in [-0.05, 0) is 52.3 Å². The van der Waals surface area contributed by atoms with Crippen molar-refractivity contribution in [3.8, 4) is 0 Å². The molecule has 2 amide bonds. The van der Waals surface area contributed by atoms with Gasteiger partial charge in [-0.25, -0.2) is 8.42 Å². The fourth-order valence-electron chi connectivity index (χ4n) is 3.25. The Morgan fingerprint density at radius 3 is 2.16 bits per heavy atom. The summed E-state index contributed by atoms with van der Waals surface area (Å²) in [5.41, 5.74) is 2.84. The predicted molar refractivity (Wildman–Crippen MR) is 125 cm³/mol. The molecule has 8 heteroatoms. The Morgan fingerprint density at radius 2 is 1.59 bits per heavy atom. The van der Waals surface area contributed by atoms with Gasteiger partial charge in [-0.2, -0.15) is 4.31 Å². The minimum atomic E-state index is -3.84. The van der Waals surface area contributed by atoms with Gasteiger partial charge < -0.3 is 10.2 Å². The van der Waals surface area contributed by atoms with Crippen LogP contribution >= 0.6 is 0 Å². The first kappa shape index (κ1) is 25.5. The van der Waals surface area contributed by atoms with Gasteiger partial charge >= 0.3 is 0 Å². The van der Waals surface area contributed by atoms with Crippen molar-refractivity contribution < 1.29 is 18.0 Å². The molecule has 0 unspecified atom stereocenters. The number of nitrogens with one attached hydrogen (secondary N) is 1. The topological polar surface area (TPSA) is 86.8 Å². The van der Waals surface area contributed by atoms with Crippen molar-refractivity contribution in [2.45, 2.75) is 58.1 Å². The summed E-state index contributed by atoms with van der Waals surface area (Å²) < 4.78 is 26.9. The summed E-state index contributed by atoms with van der Waals surface area (Å²) in [4.78, 5) is 27.4. The highest BCUT2D eigenvalue weighted by Crippen LogP contribution is 2.17. The molecule has 32 heavy (non-hydrogen) atoms. The van der Waals surface area contributed by atoms with Crippen molar-refractivity contribution >= 4 is 21.8 Å². The molecule has 1 atom stereocenters. The number of aryl methyl sites for hydroxylation is 2. The average molecular weight is 460 g/mol. The number of carbonyl (C=O) groups excluding carboxylic acids is 2. The van der Waals surface area contributed by atoms with Gasteiger partial charge in [-0.3, -0.25) is 9.59 Å². The molecule has 1 N–H and O–H groups in total. The third kappa shape index (κ3) is 6.64. The van der Waals surface area contributed by atoms with Crippen LogP contribution in [0.25, 0.3) is 0 Å². The first-order valence-corrected chi connectivity index (χ1v) is 12.0. The summed E-state index contributed by atoms with van der Waals surface area (Å²) in [5.74, 6) is -0.735. The van der Waals surface area contributed by atoms with E-state index in [1.807, 2.05) is 52.0 Å². The highest BCUT2D eigenvalue weighted by Gasteiger charge is 2.30. The maximum atomic E-state index is 13.2. The van der Waals surface area contributed by atoms with Crippen LogP contribution in [-0.4, -0.2) is 55.1 Å². The van der Waals surface area contributed by atoms with Crippen LogP contribution in [0.3, 0.4) is 0 Å². The third-order valence-electron chi connectivity index (χ3n) is 5.12. The van der Waals surface area contributed by atoms with Crippen molar-refractivity contribution in [2.75, 3.05) is 13.6 Å². The standard InChI is InChI=1S/C24H33N3O4S/c1-17(2)25-24(29)20(5)27(15-21-9-7-8-19(4)14-21)23(28)16-26(6)32(30,31)22-12-10-18(3)11-13-22/h7-14,17,20H,15-16H2,1-6H3,(H,25,29)/t20-/m0/s1. The highest BCUT2D eigenvalue weighted by molar-refractivity contribution is 7.89. The fraction of sp³-hybridized carbons (Fsp3) is 0.417. The van der Waals surface area contributed by atoms with Gasteiger partial charge in [0.25, 0.3) is 0 Å². The van der Waals surface area contributed by atoms with Crippen LogP contribution in [0.2, 0.25) is 0 Å². The summed E-state index contributed by atoms with van der Waals surface area (Å²) in [6.07, 6.45) is 0. The summed E-state index contributed by atoms with van der Waals surface area (Å²) >= 11 is 0. The van der Waals surface area contributed by atoms with Gasteiger partial charge in [0.15, 0.2) is 0 Å². The largest absolute Gasteiger partial charge is 0.352 e. The monoisotopic (exact) mass is 459 g/mol. The smallest absolute Gasteiger partial charge is 0.243 e. The average Bonchev–Trinajstić information content (AvgIpc) is 2.71. The SMILES string of the molecule is Cc1ccc(S(=O)(=O)N(C)CC(=O)N(Cc2cccc(C)c2)[C@@H](C)C(=O)NC(C)C)cc1. The molecular weight excluding hydrogens is 426 g/mol. The van der Waals surface area contributed by atoms with Crippen LogP contribution in [0.1, 0.15) is 37.5 Å². The van der Waals surface area contributed by atoms with Crippen molar-refractivity contribution in [1.29, 1.82) is 0 Å². The van der Waals surface area contributed by atoms with Crippen LogP contribution in [0.15, 0.2) is 53.4 Å². The summed E-state index contributed by atoms with van der Waals surface area (Å²) in [6.45, 7) is 8.99. The van der Waals surface area contributed by atoms with Crippen molar-refractivity contribution in [3.05, 3.63) is 65.2 Å². The number of amides is 2. The van der Waals surface area contributed by atoms with Crippen molar-refractivity contribution in [3.63, 3.8) is 0 Å². The van der Waals surface area contributed by atoms with Gasteiger partial charge in [-0.1, -0.05) is 47.5 Å². The normalized spacial score (nSPS) is 12.6. The van der Waals surface area contributed by atoms with E-state index in [-0.39, 0.29) is 29.9 Å². The molecule has 2 aromatic rings. The van der Waals surface area contributed by atoms with E-state index in [1.165, 1.54) is 24.1 Å². The number of sulfonamides is 1. The van der Waals surface area contributed by atoms with E-state index in [1.54, 1.807) is 19.1 Å². The number of rotatable bonds is 9. The molecule has 0 heterocycles.